The van der Waals surface area contributed by atoms with E-state index in [1.165, 1.54) is 53.9 Å². The molecular formula is C62H58GeIrN4O-2. The molecule has 3 aromatic heterocycles. The summed E-state index contributed by atoms with van der Waals surface area (Å²) in [4.78, 5) is 14.2. The van der Waals surface area contributed by atoms with E-state index in [9.17, 15) is 0 Å². The zero-order chi connectivity index (χ0) is 47.5. The number of aromatic nitrogens is 4. The van der Waals surface area contributed by atoms with Gasteiger partial charge in [-0.2, -0.15) is 0 Å². The van der Waals surface area contributed by atoms with Crippen LogP contribution in [0.25, 0.3) is 94.1 Å². The molecule has 0 atom stereocenters. The quantitative estimate of drug-likeness (QED) is 0.0906. The van der Waals surface area contributed by atoms with Gasteiger partial charge in [0, 0.05) is 42.8 Å². The van der Waals surface area contributed by atoms with E-state index in [1.807, 2.05) is 42.6 Å². The Morgan fingerprint density at radius 1 is 0.609 bits per heavy atom. The van der Waals surface area contributed by atoms with Crippen molar-refractivity contribution in [2.24, 2.45) is 0 Å². The fourth-order valence-electron chi connectivity index (χ4n) is 9.41. The number of furan rings is 1. The van der Waals surface area contributed by atoms with Crippen molar-refractivity contribution in [2.45, 2.75) is 83.0 Å². The number of para-hydroxylation sites is 2. The number of hydrogen-bond donors (Lipinski definition) is 0. The van der Waals surface area contributed by atoms with Crippen molar-refractivity contribution in [2.75, 3.05) is 0 Å². The molecule has 0 amide bonds. The molecule has 1 radical (unpaired) electrons. The van der Waals surface area contributed by atoms with Gasteiger partial charge in [-0.3, -0.25) is 9.97 Å². The van der Waals surface area contributed by atoms with Gasteiger partial charge in [-0.25, -0.2) is 0 Å². The van der Waals surface area contributed by atoms with Crippen LogP contribution >= 0.6 is 0 Å². The first-order valence-electron chi connectivity index (χ1n) is 23.9. The molecular weight excluding hydrogens is 1080 g/mol. The summed E-state index contributed by atoms with van der Waals surface area (Å²) in [6.45, 7) is 15.7. The SMILES string of the molecule is CC(C)(C)c1ccnc(-c2[c-]cccc2)n1.CC(C)c1cc(-c2cc[c]([Ge]([CH3])([CH3])[CH3])cc2)cc(C(C)C)c1-n1c(-c2[c-]ccc3c2oc2cc4c(ccc5ccccc54)cc23)nc2ccccc21.[Ir]. The molecule has 0 aliphatic rings. The molecule has 7 heteroatoms. The first kappa shape index (κ1) is 47.9. The minimum atomic E-state index is -1.93. The summed E-state index contributed by atoms with van der Waals surface area (Å²) >= 11 is -1.93. The second kappa shape index (κ2) is 19.0. The minimum Gasteiger partial charge on any atom is 0 e. The van der Waals surface area contributed by atoms with Crippen molar-refractivity contribution in [3.8, 4) is 39.6 Å². The van der Waals surface area contributed by atoms with Crippen LogP contribution in [0.5, 0.6) is 0 Å². The zero-order valence-electron chi connectivity index (χ0n) is 41.2. The van der Waals surface area contributed by atoms with Crippen LogP contribution in [0.15, 0.2) is 162 Å². The van der Waals surface area contributed by atoms with E-state index in [0.29, 0.717) is 0 Å². The Morgan fingerprint density at radius 3 is 2.00 bits per heavy atom. The second-order valence-electron chi connectivity index (χ2n) is 20.7. The molecule has 0 aliphatic heterocycles. The third-order valence-electron chi connectivity index (χ3n) is 13.2. The van der Waals surface area contributed by atoms with E-state index >= 15 is 0 Å². The summed E-state index contributed by atoms with van der Waals surface area (Å²) in [7, 11) is 0. The molecule has 3 heterocycles. The Balaban J connectivity index is 0.000000296. The molecule has 347 valence electrons. The first-order valence-corrected chi connectivity index (χ1v) is 31.2. The predicted octanol–water partition coefficient (Wildman–Crippen LogP) is 16.4. The van der Waals surface area contributed by atoms with Crippen LogP contribution in [-0.2, 0) is 25.5 Å². The molecule has 5 nitrogen and oxygen atoms in total. The first-order chi connectivity index (χ1) is 32.6. The topological polar surface area (TPSA) is 56.7 Å². The number of imidazole rings is 1. The molecule has 11 aromatic rings. The standard InChI is InChI=1S/C48H43GeN2O.C14H15N2.Ir/c1-29(2)39-26-34(31-21-23-35(24-22-31)49(5,6)7)27-40(30(3)4)46(39)51-44-18-11-10-17-43(44)50-48(51)38-16-12-15-37-42-25-33-20-19-32-13-8-9-14-36(32)41(33)28-45(42)52-47(37)38;1-14(2,3)12-9-10-15-13(16-12)11-7-5-4-6-8-11;/h8-15,17-30H,1-7H3;4-7,9-10H,1-3H3;/q2*-1;. The van der Waals surface area contributed by atoms with Gasteiger partial charge in [0.05, 0.1) is 5.82 Å². The summed E-state index contributed by atoms with van der Waals surface area (Å²) in [5.74, 6) is 9.51. The van der Waals surface area contributed by atoms with Crippen LogP contribution in [0, 0.1) is 12.1 Å². The normalized spacial score (nSPS) is 12.1. The third-order valence-corrected chi connectivity index (χ3v) is 17.5. The van der Waals surface area contributed by atoms with E-state index in [0.717, 1.165) is 61.4 Å². The number of nitrogens with zero attached hydrogens (tertiary/aromatic N) is 4. The van der Waals surface area contributed by atoms with E-state index in [2.05, 4.69) is 208 Å². The van der Waals surface area contributed by atoms with Crippen LogP contribution in [0.1, 0.15) is 77.1 Å². The summed E-state index contributed by atoms with van der Waals surface area (Å²) in [5.41, 5.74) is 13.0. The maximum Gasteiger partial charge on any atom is 0 e. The van der Waals surface area contributed by atoms with Gasteiger partial charge in [0.1, 0.15) is 5.58 Å². The van der Waals surface area contributed by atoms with Gasteiger partial charge < -0.3 is 4.42 Å². The summed E-state index contributed by atoms with van der Waals surface area (Å²) in [5, 5.41) is 7.03. The molecule has 0 bridgehead atoms. The molecule has 69 heavy (non-hydrogen) atoms. The van der Waals surface area contributed by atoms with Crippen LogP contribution in [-0.4, -0.2) is 32.8 Å². The van der Waals surface area contributed by atoms with E-state index in [1.54, 1.807) is 0 Å². The van der Waals surface area contributed by atoms with Gasteiger partial charge in [-0.15, -0.1) is 48.0 Å². The van der Waals surface area contributed by atoms with Crippen molar-refractivity contribution in [1.29, 1.82) is 0 Å². The van der Waals surface area contributed by atoms with Gasteiger partial charge in [-0.05, 0) is 39.7 Å². The Hall–Kier alpha value is -6.18. The Bertz CT molecular complexity index is 3620. The van der Waals surface area contributed by atoms with E-state index in [4.69, 9.17) is 9.40 Å². The summed E-state index contributed by atoms with van der Waals surface area (Å²) < 4.78 is 10.8. The van der Waals surface area contributed by atoms with Gasteiger partial charge in [0.2, 0.25) is 0 Å². The Kier molecular flexibility index (Phi) is 13.2. The monoisotopic (exact) mass is 1140 g/mol. The van der Waals surface area contributed by atoms with Crippen LogP contribution in [0.4, 0.5) is 0 Å². The van der Waals surface area contributed by atoms with Crippen LogP contribution < -0.4 is 4.40 Å². The predicted molar refractivity (Wildman–Crippen MR) is 289 cm³/mol. The van der Waals surface area contributed by atoms with Crippen LogP contribution in [0.3, 0.4) is 0 Å². The second-order valence-corrected chi connectivity index (χ2v) is 31.4. The molecule has 8 aromatic carbocycles. The van der Waals surface area contributed by atoms with Gasteiger partial charge in [0.15, 0.2) is 0 Å². The van der Waals surface area contributed by atoms with Crippen molar-refractivity contribution in [3.05, 3.63) is 187 Å². The maximum atomic E-state index is 6.87. The fourth-order valence-corrected chi connectivity index (χ4v) is 11.9. The molecule has 0 fully saturated rings. The molecule has 0 unspecified atom stereocenters. The van der Waals surface area contributed by atoms with Crippen LogP contribution in [0.2, 0.25) is 17.3 Å². The number of rotatable bonds is 7. The van der Waals surface area contributed by atoms with E-state index < -0.39 is 13.3 Å². The maximum absolute atomic E-state index is 6.87. The minimum absolute atomic E-state index is 0. The molecule has 11 rings (SSSR count). The molecule has 0 saturated carbocycles. The van der Waals surface area contributed by atoms with E-state index in [-0.39, 0.29) is 37.4 Å². The summed E-state index contributed by atoms with van der Waals surface area (Å²) in [6.07, 6.45) is 1.81. The van der Waals surface area contributed by atoms with Gasteiger partial charge >= 0.3 is 201 Å². The molecule has 0 saturated heterocycles. The zero-order valence-corrected chi connectivity index (χ0v) is 45.7. The largest absolute Gasteiger partial charge is 0 e. The molecule has 0 aliphatic carbocycles. The smallest absolute Gasteiger partial charge is 0 e. The third kappa shape index (κ3) is 9.23. The average Bonchev–Trinajstić information content (AvgIpc) is 3.91. The Morgan fingerprint density at radius 2 is 1.30 bits per heavy atom. The summed E-state index contributed by atoms with van der Waals surface area (Å²) in [6, 6.07) is 60.8. The molecule has 0 spiro atoms. The molecule has 0 N–H and O–H groups in total. The number of hydrogen-bond acceptors (Lipinski definition) is 4. The van der Waals surface area contributed by atoms with Crippen molar-refractivity contribution in [3.63, 3.8) is 0 Å². The fraction of sp³-hybridized carbons (Fsp3) is 0.210. The van der Waals surface area contributed by atoms with Crippen molar-refractivity contribution >= 4 is 72.2 Å². The average molecular weight is 1140 g/mol. The van der Waals surface area contributed by atoms with Crippen molar-refractivity contribution < 1.29 is 24.5 Å². The number of benzene rings is 8. The Labute approximate surface area is 422 Å². The number of fused-ring (bicyclic) bond motifs is 7. The van der Waals surface area contributed by atoms with Gasteiger partial charge in [0.25, 0.3) is 0 Å². The van der Waals surface area contributed by atoms with Gasteiger partial charge in [-0.1, -0.05) is 68.6 Å². The van der Waals surface area contributed by atoms with Crippen molar-refractivity contribution in [1.82, 2.24) is 19.5 Å².